The predicted octanol–water partition coefficient (Wildman–Crippen LogP) is 2.09. The normalized spacial score (nSPS) is 32.6. The van der Waals surface area contributed by atoms with Gasteiger partial charge in [-0.3, -0.25) is 9.97 Å². The second-order valence-corrected chi connectivity index (χ2v) is 6.80. The van der Waals surface area contributed by atoms with Crippen molar-refractivity contribution in [1.82, 2.24) is 9.97 Å². The maximum atomic E-state index is 6.41. The van der Waals surface area contributed by atoms with Crippen molar-refractivity contribution in [1.29, 1.82) is 0 Å². The lowest BCUT2D eigenvalue weighted by Gasteiger charge is -2.39. The average molecular weight is 279 g/mol. The third-order valence-corrected chi connectivity index (χ3v) is 5.47. The lowest BCUT2D eigenvalue weighted by molar-refractivity contribution is -0.0836. The highest BCUT2D eigenvalue weighted by Gasteiger charge is 2.42. The number of hydrogen-bond donors (Lipinski definition) is 1. The molecule has 0 saturated carbocycles. The summed E-state index contributed by atoms with van der Waals surface area (Å²) in [6.07, 6.45) is 6.89. The Morgan fingerprint density at radius 2 is 2.37 bits per heavy atom. The van der Waals surface area contributed by atoms with Crippen LogP contribution in [0.3, 0.4) is 0 Å². The molecule has 0 aliphatic carbocycles. The molecule has 5 heteroatoms. The molecule has 3 atom stereocenters. The van der Waals surface area contributed by atoms with Gasteiger partial charge in [0, 0.05) is 18.6 Å². The first-order chi connectivity index (χ1) is 9.19. The lowest BCUT2D eigenvalue weighted by Crippen LogP contribution is -2.42. The van der Waals surface area contributed by atoms with E-state index in [1.807, 2.05) is 24.9 Å². The molecule has 2 aliphatic rings. The van der Waals surface area contributed by atoms with Gasteiger partial charge in [0.1, 0.15) is 0 Å². The third kappa shape index (κ3) is 2.78. The summed E-state index contributed by atoms with van der Waals surface area (Å²) in [7, 11) is 0. The maximum Gasteiger partial charge on any atom is 0.0783 e. The quantitative estimate of drug-likeness (QED) is 0.898. The number of ether oxygens (including phenoxy) is 1. The molecule has 1 spiro atoms. The number of rotatable bonds is 2. The van der Waals surface area contributed by atoms with E-state index >= 15 is 0 Å². The smallest absolute Gasteiger partial charge is 0.0783 e. The van der Waals surface area contributed by atoms with E-state index in [1.165, 1.54) is 12.2 Å². The van der Waals surface area contributed by atoms with Crippen LogP contribution in [-0.4, -0.2) is 33.7 Å². The summed E-state index contributed by atoms with van der Waals surface area (Å²) in [5.41, 5.74) is 8.34. The molecular formula is C14H21N3OS. The van der Waals surface area contributed by atoms with E-state index < -0.39 is 0 Å². The second kappa shape index (κ2) is 5.38. The molecule has 0 bridgehead atoms. The molecule has 2 fully saturated rings. The standard InChI is InChI=1S/C14H21N3OS/c1-10-7-17-12(8-16-10)13(15)11-2-4-18-14(6-11)3-5-19-9-14/h7-8,11,13H,2-6,9,15H2,1H3. The van der Waals surface area contributed by atoms with Crippen LogP contribution >= 0.6 is 11.8 Å². The summed E-state index contributed by atoms with van der Waals surface area (Å²) in [4.78, 5) is 8.74. The number of aromatic nitrogens is 2. The maximum absolute atomic E-state index is 6.41. The lowest BCUT2D eigenvalue weighted by atomic mass is 9.80. The van der Waals surface area contributed by atoms with Crippen molar-refractivity contribution < 1.29 is 4.74 Å². The Morgan fingerprint density at radius 3 is 3.05 bits per heavy atom. The Morgan fingerprint density at radius 1 is 1.47 bits per heavy atom. The largest absolute Gasteiger partial charge is 0.374 e. The molecule has 3 heterocycles. The van der Waals surface area contributed by atoms with E-state index in [2.05, 4.69) is 9.97 Å². The van der Waals surface area contributed by atoms with Crippen molar-refractivity contribution in [2.24, 2.45) is 11.7 Å². The van der Waals surface area contributed by atoms with Crippen molar-refractivity contribution in [3.05, 3.63) is 23.8 Å². The number of nitrogens with zero attached hydrogens (tertiary/aromatic N) is 2. The highest BCUT2D eigenvalue weighted by atomic mass is 32.2. The first kappa shape index (κ1) is 13.3. The zero-order valence-corrected chi connectivity index (χ0v) is 12.2. The van der Waals surface area contributed by atoms with Gasteiger partial charge >= 0.3 is 0 Å². The fourth-order valence-corrected chi connectivity index (χ4v) is 4.43. The molecule has 1 aromatic heterocycles. The minimum atomic E-state index is -0.0144. The second-order valence-electron chi connectivity index (χ2n) is 5.70. The van der Waals surface area contributed by atoms with Crippen molar-refractivity contribution in [2.75, 3.05) is 18.1 Å². The van der Waals surface area contributed by atoms with Crippen LogP contribution in [-0.2, 0) is 4.74 Å². The zero-order valence-electron chi connectivity index (χ0n) is 11.3. The Labute approximate surface area is 118 Å². The summed E-state index contributed by atoms with van der Waals surface area (Å²) in [6.45, 7) is 2.78. The molecule has 1 aromatic rings. The Bertz CT molecular complexity index is 431. The van der Waals surface area contributed by atoms with Gasteiger partial charge < -0.3 is 10.5 Å². The monoisotopic (exact) mass is 279 g/mol. The molecule has 2 aliphatic heterocycles. The highest BCUT2D eigenvalue weighted by Crippen LogP contribution is 2.43. The van der Waals surface area contributed by atoms with Gasteiger partial charge in [-0.05, 0) is 37.9 Å². The van der Waals surface area contributed by atoms with Crippen molar-refractivity contribution in [2.45, 2.75) is 37.8 Å². The summed E-state index contributed by atoms with van der Waals surface area (Å²) >= 11 is 2.00. The molecule has 2 saturated heterocycles. The van der Waals surface area contributed by atoms with Crippen LogP contribution in [0.25, 0.3) is 0 Å². The molecule has 3 unspecified atom stereocenters. The van der Waals surface area contributed by atoms with E-state index in [9.17, 15) is 0 Å². The summed E-state index contributed by atoms with van der Waals surface area (Å²) < 4.78 is 6.05. The summed E-state index contributed by atoms with van der Waals surface area (Å²) in [6, 6.07) is -0.0144. The van der Waals surface area contributed by atoms with Crippen molar-refractivity contribution >= 4 is 11.8 Å². The van der Waals surface area contributed by atoms with Crippen LogP contribution in [0.5, 0.6) is 0 Å². The molecule has 0 aromatic carbocycles. The minimum Gasteiger partial charge on any atom is -0.374 e. The molecule has 4 nitrogen and oxygen atoms in total. The molecule has 104 valence electrons. The van der Waals surface area contributed by atoms with Gasteiger partial charge in [0.05, 0.1) is 29.2 Å². The summed E-state index contributed by atoms with van der Waals surface area (Å²) in [5.74, 6) is 2.80. The van der Waals surface area contributed by atoms with Crippen molar-refractivity contribution in [3.63, 3.8) is 0 Å². The van der Waals surface area contributed by atoms with Crippen LogP contribution in [0, 0.1) is 12.8 Å². The van der Waals surface area contributed by atoms with Crippen molar-refractivity contribution in [3.8, 4) is 0 Å². The van der Waals surface area contributed by atoms with E-state index in [-0.39, 0.29) is 11.6 Å². The molecular weight excluding hydrogens is 258 g/mol. The van der Waals surface area contributed by atoms with Gasteiger partial charge in [0.15, 0.2) is 0 Å². The zero-order chi connectivity index (χ0) is 13.3. The number of aryl methyl sites for hydroxylation is 1. The van der Waals surface area contributed by atoms with Crippen LogP contribution in [0.4, 0.5) is 0 Å². The average Bonchev–Trinajstić information content (AvgIpc) is 2.87. The highest BCUT2D eigenvalue weighted by molar-refractivity contribution is 7.99. The third-order valence-electron chi connectivity index (χ3n) is 4.25. The molecule has 2 N–H and O–H groups in total. The van der Waals surface area contributed by atoms with Gasteiger partial charge in [0.2, 0.25) is 0 Å². The fourth-order valence-electron chi connectivity index (χ4n) is 3.05. The molecule has 0 radical (unpaired) electrons. The predicted molar refractivity (Wildman–Crippen MR) is 77.0 cm³/mol. The van der Waals surface area contributed by atoms with Crippen LogP contribution in [0.2, 0.25) is 0 Å². The van der Waals surface area contributed by atoms with E-state index in [4.69, 9.17) is 10.5 Å². The van der Waals surface area contributed by atoms with Gasteiger partial charge in [-0.15, -0.1) is 0 Å². The topological polar surface area (TPSA) is 61.0 Å². The van der Waals surface area contributed by atoms with Crippen LogP contribution in [0.1, 0.15) is 36.7 Å². The Kier molecular flexibility index (Phi) is 3.78. The van der Waals surface area contributed by atoms with Crippen LogP contribution in [0.15, 0.2) is 12.4 Å². The van der Waals surface area contributed by atoms with Crippen LogP contribution < -0.4 is 5.73 Å². The minimum absolute atomic E-state index is 0.0144. The Balaban J connectivity index is 1.72. The van der Waals surface area contributed by atoms with E-state index in [0.717, 1.165) is 36.6 Å². The molecule has 3 rings (SSSR count). The number of nitrogens with two attached hydrogens (primary N) is 1. The van der Waals surface area contributed by atoms with Gasteiger partial charge in [-0.1, -0.05) is 0 Å². The number of hydrogen-bond acceptors (Lipinski definition) is 5. The van der Waals surface area contributed by atoms with E-state index in [0.29, 0.717) is 5.92 Å². The van der Waals surface area contributed by atoms with E-state index in [1.54, 1.807) is 6.20 Å². The van der Waals surface area contributed by atoms with Gasteiger partial charge in [-0.2, -0.15) is 11.8 Å². The Hall–Kier alpha value is -0.650. The first-order valence-corrected chi connectivity index (χ1v) is 8.10. The van der Waals surface area contributed by atoms with Gasteiger partial charge in [0.25, 0.3) is 0 Å². The first-order valence-electron chi connectivity index (χ1n) is 6.94. The molecule has 0 amide bonds. The SMILES string of the molecule is Cc1cnc(C(N)C2CCOC3(CCSC3)C2)cn1. The van der Waals surface area contributed by atoms with Gasteiger partial charge in [-0.25, -0.2) is 0 Å². The summed E-state index contributed by atoms with van der Waals surface area (Å²) in [5, 5.41) is 0. The number of thioether (sulfide) groups is 1. The fraction of sp³-hybridized carbons (Fsp3) is 0.714. The molecule has 19 heavy (non-hydrogen) atoms.